The summed E-state index contributed by atoms with van der Waals surface area (Å²) in [7, 11) is 1.67. The van der Waals surface area contributed by atoms with Crippen LogP contribution in [0.3, 0.4) is 0 Å². The minimum Gasteiger partial charge on any atom is -0.496 e. The van der Waals surface area contributed by atoms with Crippen LogP contribution in [-0.2, 0) is 12.8 Å². The molecule has 0 radical (unpaired) electrons. The van der Waals surface area contributed by atoms with Crippen LogP contribution in [0.15, 0.2) is 36.4 Å². The summed E-state index contributed by atoms with van der Waals surface area (Å²) in [6, 6.07) is 12.6. The van der Waals surface area contributed by atoms with Gasteiger partial charge >= 0.3 is 6.09 Å². The number of amides is 1. The number of hydrogen-bond donors (Lipinski definition) is 2. The molecule has 2 aromatic rings. The Balaban J connectivity index is 2.05. The van der Waals surface area contributed by atoms with E-state index in [2.05, 4.69) is 56.4 Å². The van der Waals surface area contributed by atoms with Gasteiger partial charge in [0, 0.05) is 5.56 Å². The first kappa shape index (κ1) is 19.3. The molecule has 0 saturated heterocycles. The van der Waals surface area contributed by atoms with Crippen LogP contribution in [0.4, 0.5) is 4.79 Å². The van der Waals surface area contributed by atoms with Crippen molar-refractivity contribution < 1.29 is 14.6 Å². The molecule has 4 nitrogen and oxygen atoms in total. The molecule has 0 heterocycles. The van der Waals surface area contributed by atoms with E-state index in [0.717, 1.165) is 48.1 Å². The third-order valence-corrected chi connectivity index (χ3v) is 5.66. The smallest absolute Gasteiger partial charge is 0.405 e. The minimum atomic E-state index is -0.990. The van der Waals surface area contributed by atoms with E-state index in [0.29, 0.717) is 0 Å². The Bertz CT molecular complexity index is 824. The van der Waals surface area contributed by atoms with Crippen molar-refractivity contribution in [1.82, 2.24) is 5.32 Å². The molecule has 0 saturated carbocycles. The average molecular weight is 367 g/mol. The molecule has 1 amide bonds. The normalized spacial score (nSPS) is 17.9. The molecule has 0 bridgehead atoms. The van der Waals surface area contributed by atoms with Crippen LogP contribution >= 0.6 is 0 Å². The van der Waals surface area contributed by atoms with E-state index in [9.17, 15) is 9.90 Å². The number of fused-ring (bicyclic) bond motifs is 1. The largest absolute Gasteiger partial charge is 0.496 e. The van der Waals surface area contributed by atoms with Crippen molar-refractivity contribution in [2.24, 2.45) is 5.41 Å². The second-order valence-electron chi connectivity index (χ2n) is 8.07. The molecular weight excluding hydrogens is 338 g/mol. The third-order valence-electron chi connectivity index (χ3n) is 5.66. The predicted molar refractivity (Wildman–Crippen MR) is 108 cm³/mol. The van der Waals surface area contributed by atoms with Gasteiger partial charge in [0.1, 0.15) is 5.75 Å². The molecule has 2 N–H and O–H groups in total. The van der Waals surface area contributed by atoms with E-state index in [-0.39, 0.29) is 11.5 Å². The van der Waals surface area contributed by atoms with Gasteiger partial charge < -0.3 is 15.2 Å². The Kier molecular flexibility index (Phi) is 5.45. The Morgan fingerprint density at radius 1 is 1.26 bits per heavy atom. The second kappa shape index (κ2) is 7.63. The van der Waals surface area contributed by atoms with Crippen LogP contribution in [0.1, 0.15) is 56.3 Å². The summed E-state index contributed by atoms with van der Waals surface area (Å²) in [5, 5.41) is 12.0. The fraction of sp³-hybridized carbons (Fsp3) is 0.435. The van der Waals surface area contributed by atoms with Crippen LogP contribution in [0.25, 0.3) is 11.1 Å². The molecule has 0 aromatic heterocycles. The van der Waals surface area contributed by atoms with Crippen LogP contribution in [0.2, 0.25) is 0 Å². The van der Waals surface area contributed by atoms with Gasteiger partial charge in [-0.2, -0.15) is 0 Å². The van der Waals surface area contributed by atoms with Gasteiger partial charge in [-0.25, -0.2) is 4.79 Å². The topological polar surface area (TPSA) is 58.6 Å². The molecule has 1 unspecified atom stereocenters. The second-order valence-corrected chi connectivity index (χ2v) is 8.07. The quantitative estimate of drug-likeness (QED) is 0.723. The maximum Gasteiger partial charge on any atom is 0.405 e. The molecule has 144 valence electrons. The fourth-order valence-electron chi connectivity index (χ4n) is 4.08. The molecule has 2 aromatic carbocycles. The van der Waals surface area contributed by atoms with Gasteiger partial charge in [-0.15, -0.1) is 0 Å². The number of carboxylic acid groups (broad SMARTS) is 1. The first-order chi connectivity index (χ1) is 12.9. The number of rotatable bonds is 5. The molecule has 3 rings (SSSR count). The number of benzene rings is 2. The fourth-order valence-corrected chi connectivity index (χ4v) is 4.08. The third kappa shape index (κ3) is 3.95. The number of methoxy groups -OCH3 is 1. The van der Waals surface area contributed by atoms with Crippen molar-refractivity contribution in [3.63, 3.8) is 0 Å². The van der Waals surface area contributed by atoms with Gasteiger partial charge in [0.15, 0.2) is 0 Å². The number of carbonyl (C=O) groups is 1. The van der Waals surface area contributed by atoms with Crippen LogP contribution in [-0.4, -0.2) is 18.3 Å². The zero-order valence-corrected chi connectivity index (χ0v) is 16.6. The minimum absolute atomic E-state index is 0.139. The molecule has 1 aliphatic rings. The van der Waals surface area contributed by atoms with Gasteiger partial charge in [-0.1, -0.05) is 51.5 Å². The zero-order valence-electron chi connectivity index (χ0n) is 16.6. The van der Waals surface area contributed by atoms with Crippen LogP contribution in [0, 0.1) is 5.41 Å². The molecule has 0 spiro atoms. The van der Waals surface area contributed by atoms with Crippen molar-refractivity contribution in [1.29, 1.82) is 0 Å². The molecule has 0 fully saturated rings. The van der Waals surface area contributed by atoms with Crippen molar-refractivity contribution in [2.75, 3.05) is 7.11 Å². The standard InChI is InChI=1S/C23H29NO3/c1-5-6-15-7-9-16(10-8-15)18-13-17-11-12-23(2,3)21(24-22(25)26)19(17)14-20(18)27-4/h7-10,13-14,21,24H,5-6,11-12H2,1-4H3,(H,25,26). The predicted octanol–water partition coefficient (Wildman–Crippen LogP) is 5.60. The lowest BCUT2D eigenvalue weighted by Gasteiger charge is -2.40. The monoisotopic (exact) mass is 367 g/mol. The summed E-state index contributed by atoms with van der Waals surface area (Å²) < 4.78 is 5.69. The van der Waals surface area contributed by atoms with E-state index >= 15 is 0 Å². The van der Waals surface area contributed by atoms with E-state index < -0.39 is 6.09 Å². The van der Waals surface area contributed by atoms with Gasteiger partial charge in [-0.05, 0) is 59.1 Å². The summed E-state index contributed by atoms with van der Waals surface area (Å²) in [5.74, 6) is 0.784. The highest BCUT2D eigenvalue weighted by Crippen LogP contribution is 2.46. The average Bonchev–Trinajstić information content (AvgIpc) is 2.64. The van der Waals surface area contributed by atoms with Crippen LogP contribution < -0.4 is 10.1 Å². The summed E-state index contributed by atoms with van der Waals surface area (Å²) in [4.78, 5) is 11.4. The summed E-state index contributed by atoms with van der Waals surface area (Å²) >= 11 is 0. The number of nitrogens with one attached hydrogen (secondary N) is 1. The summed E-state index contributed by atoms with van der Waals surface area (Å²) in [5.41, 5.74) is 5.61. The molecule has 27 heavy (non-hydrogen) atoms. The molecule has 0 aliphatic heterocycles. The molecule has 1 atom stereocenters. The van der Waals surface area contributed by atoms with Crippen molar-refractivity contribution in [3.8, 4) is 16.9 Å². The molecular formula is C23H29NO3. The van der Waals surface area contributed by atoms with Gasteiger partial charge in [0.2, 0.25) is 0 Å². The Morgan fingerprint density at radius 3 is 2.56 bits per heavy atom. The number of hydrogen-bond acceptors (Lipinski definition) is 2. The lowest BCUT2D eigenvalue weighted by atomic mass is 9.70. The highest BCUT2D eigenvalue weighted by Gasteiger charge is 2.37. The van der Waals surface area contributed by atoms with E-state index in [1.54, 1.807) is 7.11 Å². The first-order valence-electron chi connectivity index (χ1n) is 9.65. The zero-order chi connectivity index (χ0) is 19.6. The van der Waals surface area contributed by atoms with Crippen molar-refractivity contribution >= 4 is 6.09 Å². The maximum absolute atomic E-state index is 11.4. The lowest BCUT2D eigenvalue weighted by molar-refractivity contribution is 0.161. The highest BCUT2D eigenvalue weighted by molar-refractivity contribution is 5.73. The van der Waals surface area contributed by atoms with Gasteiger partial charge in [0.05, 0.1) is 13.2 Å². The van der Waals surface area contributed by atoms with Crippen LogP contribution in [0.5, 0.6) is 5.75 Å². The van der Waals surface area contributed by atoms with E-state index in [1.165, 1.54) is 11.1 Å². The maximum atomic E-state index is 11.4. The summed E-state index contributed by atoms with van der Waals surface area (Å²) in [6.07, 6.45) is 3.10. The molecule has 1 aliphatic carbocycles. The van der Waals surface area contributed by atoms with Crippen molar-refractivity contribution in [2.45, 2.75) is 52.5 Å². The number of aryl methyl sites for hydroxylation is 2. The number of ether oxygens (including phenoxy) is 1. The molecule has 4 heteroatoms. The Labute approximate surface area is 161 Å². The Hall–Kier alpha value is -2.49. The summed E-state index contributed by atoms with van der Waals surface area (Å²) in [6.45, 7) is 6.41. The highest BCUT2D eigenvalue weighted by atomic mass is 16.5. The van der Waals surface area contributed by atoms with Gasteiger partial charge in [0.25, 0.3) is 0 Å². The lowest BCUT2D eigenvalue weighted by Crippen LogP contribution is -2.40. The van der Waals surface area contributed by atoms with Crippen molar-refractivity contribution in [3.05, 3.63) is 53.1 Å². The Morgan fingerprint density at radius 2 is 1.96 bits per heavy atom. The van der Waals surface area contributed by atoms with E-state index in [1.807, 2.05) is 6.07 Å². The SMILES string of the molecule is CCCc1ccc(-c2cc3c(cc2OC)C(NC(=O)O)C(C)(C)CC3)cc1. The van der Waals surface area contributed by atoms with E-state index in [4.69, 9.17) is 4.74 Å². The van der Waals surface area contributed by atoms with Gasteiger partial charge in [-0.3, -0.25) is 0 Å². The first-order valence-corrected chi connectivity index (χ1v) is 9.65.